The lowest BCUT2D eigenvalue weighted by atomic mass is 9.83. The summed E-state index contributed by atoms with van der Waals surface area (Å²) in [5.41, 5.74) is -0.457. The molecule has 2 unspecified atom stereocenters. The first kappa shape index (κ1) is 13.5. The Hall–Kier alpha value is -0.960. The Balaban J connectivity index is 1.90. The van der Waals surface area contributed by atoms with Gasteiger partial charge in [-0.3, -0.25) is 4.79 Å². The van der Waals surface area contributed by atoms with E-state index in [4.69, 9.17) is 0 Å². The Labute approximate surface area is 113 Å². The van der Waals surface area contributed by atoms with Crippen molar-refractivity contribution in [3.63, 3.8) is 0 Å². The Morgan fingerprint density at radius 1 is 1.44 bits per heavy atom. The summed E-state index contributed by atoms with van der Waals surface area (Å²) in [6.07, 6.45) is 3.53. The molecule has 1 aromatic rings. The largest absolute Gasteiger partial charge is 0.481 e. The lowest BCUT2D eigenvalue weighted by Gasteiger charge is -2.23. The Morgan fingerprint density at radius 3 is 2.72 bits per heavy atom. The zero-order chi connectivity index (χ0) is 13.0. The third kappa shape index (κ3) is 3.08. The van der Waals surface area contributed by atoms with Gasteiger partial charge in [0.15, 0.2) is 0 Å². The van der Waals surface area contributed by atoms with Crippen LogP contribution in [0.5, 0.6) is 0 Å². The third-order valence-corrected chi connectivity index (χ3v) is 4.91. The van der Waals surface area contributed by atoms with Crippen LogP contribution in [0.3, 0.4) is 0 Å². The summed E-state index contributed by atoms with van der Waals surface area (Å²) >= 11 is 1.76. The molecule has 2 nitrogen and oxygen atoms in total. The van der Waals surface area contributed by atoms with E-state index in [9.17, 15) is 9.90 Å². The van der Waals surface area contributed by atoms with Crippen LogP contribution >= 0.6 is 11.8 Å². The smallest absolute Gasteiger partial charge is 0.309 e. The molecule has 0 amide bonds. The number of carboxylic acids is 1. The van der Waals surface area contributed by atoms with Gasteiger partial charge in [0, 0.05) is 4.90 Å². The summed E-state index contributed by atoms with van der Waals surface area (Å²) in [4.78, 5) is 12.7. The Kier molecular flexibility index (Phi) is 4.33. The summed E-state index contributed by atoms with van der Waals surface area (Å²) in [5.74, 6) is 0.853. The fourth-order valence-corrected chi connectivity index (χ4v) is 3.88. The van der Waals surface area contributed by atoms with Crippen LogP contribution in [0.2, 0.25) is 0 Å². The monoisotopic (exact) mass is 264 g/mol. The van der Waals surface area contributed by atoms with Crippen molar-refractivity contribution < 1.29 is 9.90 Å². The fraction of sp³-hybridized carbons (Fsp3) is 0.533. The molecule has 2 rings (SSSR count). The van der Waals surface area contributed by atoms with Crippen molar-refractivity contribution in [3.8, 4) is 0 Å². The van der Waals surface area contributed by atoms with E-state index < -0.39 is 11.4 Å². The molecule has 1 saturated carbocycles. The van der Waals surface area contributed by atoms with Crippen molar-refractivity contribution in [3.05, 3.63) is 30.3 Å². The van der Waals surface area contributed by atoms with E-state index in [1.165, 1.54) is 4.90 Å². The first-order chi connectivity index (χ1) is 8.62. The highest BCUT2D eigenvalue weighted by atomic mass is 32.2. The first-order valence-corrected chi connectivity index (χ1v) is 7.52. The van der Waals surface area contributed by atoms with E-state index in [2.05, 4.69) is 19.1 Å². The van der Waals surface area contributed by atoms with Crippen molar-refractivity contribution in [2.75, 3.05) is 5.75 Å². The van der Waals surface area contributed by atoms with Gasteiger partial charge in [-0.2, -0.15) is 0 Å². The lowest BCUT2D eigenvalue weighted by Crippen LogP contribution is -2.28. The maximum absolute atomic E-state index is 11.5. The van der Waals surface area contributed by atoms with E-state index in [1.54, 1.807) is 11.8 Å². The average molecular weight is 264 g/mol. The van der Waals surface area contributed by atoms with Gasteiger partial charge in [0.1, 0.15) is 0 Å². The minimum atomic E-state index is -0.597. The van der Waals surface area contributed by atoms with E-state index in [1.807, 2.05) is 18.2 Å². The third-order valence-electron chi connectivity index (χ3n) is 3.90. The van der Waals surface area contributed by atoms with Gasteiger partial charge in [0.2, 0.25) is 0 Å². The number of hydrogen-bond acceptors (Lipinski definition) is 2. The van der Waals surface area contributed by atoms with E-state index in [-0.39, 0.29) is 0 Å². The van der Waals surface area contributed by atoms with Gasteiger partial charge < -0.3 is 5.11 Å². The predicted octanol–water partition coefficient (Wildman–Crippen LogP) is 4.06. The van der Waals surface area contributed by atoms with E-state index >= 15 is 0 Å². The summed E-state index contributed by atoms with van der Waals surface area (Å²) < 4.78 is 0. The van der Waals surface area contributed by atoms with E-state index in [0.717, 1.165) is 31.4 Å². The molecule has 1 aliphatic carbocycles. The normalized spacial score (nSPS) is 27.3. The number of carboxylic acid groups (broad SMARTS) is 1. The van der Waals surface area contributed by atoms with Gasteiger partial charge in [0.25, 0.3) is 0 Å². The minimum absolute atomic E-state index is 0.457. The van der Waals surface area contributed by atoms with Gasteiger partial charge in [-0.1, -0.05) is 25.1 Å². The van der Waals surface area contributed by atoms with Gasteiger partial charge in [-0.15, -0.1) is 11.8 Å². The van der Waals surface area contributed by atoms with Crippen molar-refractivity contribution in [2.45, 2.75) is 37.5 Å². The maximum atomic E-state index is 11.5. The molecule has 1 aromatic carbocycles. The van der Waals surface area contributed by atoms with Crippen LogP contribution in [0, 0.1) is 11.3 Å². The molecule has 18 heavy (non-hydrogen) atoms. The van der Waals surface area contributed by atoms with Crippen molar-refractivity contribution in [1.29, 1.82) is 0 Å². The number of aliphatic carboxylic acids is 1. The summed E-state index contributed by atoms with van der Waals surface area (Å²) in [6.45, 7) is 2.16. The van der Waals surface area contributed by atoms with Crippen molar-refractivity contribution in [2.24, 2.45) is 11.3 Å². The molecular weight excluding hydrogens is 244 g/mol. The zero-order valence-corrected chi connectivity index (χ0v) is 11.6. The van der Waals surface area contributed by atoms with E-state index in [0.29, 0.717) is 5.92 Å². The molecule has 2 atom stereocenters. The van der Waals surface area contributed by atoms with Gasteiger partial charge >= 0.3 is 5.97 Å². The summed E-state index contributed by atoms with van der Waals surface area (Å²) in [6, 6.07) is 10.2. The van der Waals surface area contributed by atoms with Gasteiger partial charge in [0.05, 0.1) is 5.41 Å². The van der Waals surface area contributed by atoms with Crippen LogP contribution in [-0.4, -0.2) is 16.8 Å². The van der Waals surface area contributed by atoms with Crippen molar-refractivity contribution in [1.82, 2.24) is 0 Å². The zero-order valence-electron chi connectivity index (χ0n) is 10.8. The topological polar surface area (TPSA) is 37.3 Å². The molecule has 3 heteroatoms. The minimum Gasteiger partial charge on any atom is -0.481 e. The highest BCUT2D eigenvalue weighted by Gasteiger charge is 2.43. The quantitative estimate of drug-likeness (QED) is 0.815. The molecule has 1 N–H and O–H groups in total. The SMILES string of the molecule is CC1CCC(CCSc2ccccc2)(C(=O)O)C1. The van der Waals surface area contributed by atoms with Crippen LogP contribution in [0.4, 0.5) is 0 Å². The number of benzene rings is 1. The number of hydrogen-bond donors (Lipinski definition) is 1. The second kappa shape index (κ2) is 5.79. The summed E-state index contributed by atoms with van der Waals surface area (Å²) in [5, 5.41) is 9.47. The average Bonchev–Trinajstić information content (AvgIpc) is 2.74. The summed E-state index contributed by atoms with van der Waals surface area (Å²) in [7, 11) is 0. The molecule has 0 saturated heterocycles. The number of carbonyl (C=O) groups is 1. The molecule has 0 aliphatic heterocycles. The van der Waals surface area contributed by atoms with Crippen LogP contribution < -0.4 is 0 Å². The first-order valence-electron chi connectivity index (χ1n) is 6.54. The van der Waals surface area contributed by atoms with Gasteiger partial charge in [-0.05, 0) is 49.5 Å². The second-order valence-electron chi connectivity index (χ2n) is 5.34. The number of thioether (sulfide) groups is 1. The molecule has 0 bridgehead atoms. The lowest BCUT2D eigenvalue weighted by molar-refractivity contribution is -0.148. The van der Waals surface area contributed by atoms with Crippen LogP contribution in [0.25, 0.3) is 0 Å². The number of rotatable bonds is 5. The second-order valence-corrected chi connectivity index (χ2v) is 6.51. The van der Waals surface area contributed by atoms with Crippen LogP contribution in [-0.2, 0) is 4.79 Å². The van der Waals surface area contributed by atoms with Crippen LogP contribution in [0.1, 0.15) is 32.6 Å². The predicted molar refractivity (Wildman–Crippen MR) is 74.9 cm³/mol. The Morgan fingerprint density at radius 2 is 2.17 bits per heavy atom. The molecular formula is C15H20O2S. The van der Waals surface area contributed by atoms with Gasteiger partial charge in [-0.25, -0.2) is 0 Å². The maximum Gasteiger partial charge on any atom is 0.309 e. The molecule has 0 spiro atoms. The molecule has 0 heterocycles. The fourth-order valence-electron chi connectivity index (χ4n) is 2.80. The van der Waals surface area contributed by atoms with Crippen molar-refractivity contribution >= 4 is 17.7 Å². The molecule has 1 aliphatic rings. The molecule has 98 valence electrons. The standard InChI is InChI=1S/C15H20O2S/c1-12-7-8-15(11-12,14(16)17)9-10-18-13-5-3-2-4-6-13/h2-6,12H,7-11H2,1H3,(H,16,17). The molecule has 0 aromatic heterocycles. The van der Waals surface area contributed by atoms with Crippen LogP contribution in [0.15, 0.2) is 35.2 Å². The molecule has 1 fully saturated rings. The molecule has 0 radical (unpaired) electrons. The highest BCUT2D eigenvalue weighted by molar-refractivity contribution is 7.99. The Bertz CT molecular complexity index is 404. The highest BCUT2D eigenvalue weighted by Crippen LogP contribution is 2.45.